The third-order valence-electron chi connectivity index (χ3n) is 3.80. The second-order valence-corrected chi connectivity index (χ2v) is 6.01. The Morgan fingerprint density at radius 1 is 1.36 bits per heavy atom. The Kier molecular flexibility index (Phi) is 4.85. The summed E-state index contributed by atoms with van der Waals surface area (Å²) in [7, 11) is 3.83. The first-order valence-corrected chi connectivity index (χ1v) is 7.29. The summed E-state index contributed by atoms with van der Waals surface area (Å²) in [6.07, 6.45) is 2.28. The number of rotatable bonds is 3. The zero-order valence-electron chi connectivity index (χ0n) is 13.1. The topological polar surface area (TPSA) is 85.8 Å². The van der Waals surface area contributed by atoms with E-state index in [1.165, 1.54) is 0 Å². The molecule has 0 saturated carbocycles. The maximum absolute atomic E-state index is 12.3. The number of carboxylic acid groups (broad SMARTS) is 1. The molecule has 2 amide bonds. The van der Waals surface area contributed by atoms with Crippen molar-refractivity contribution in [2.75, 3.05) is 37.4 Å². The fourth-order valence-corrected chi connectivity index (χ4v) is 2.61. The van der Waals surface area contributed by atoms with E-state index in [1.807, 2.05) is 32.0 Å². The van der Waals surface area contributed by atoms with Crippen molar-refractivity contribution < 1.29 is 14.7 Å². The smallest absolute Gasteiger partial charge is 0.323 e. The molecule has 1 aromatic rings. The SMILES string of the molecule is CC1CC(C(=O)O)CN(C(=O)Nc2ccc(N(C)C)cn2)C1. The third kappa shape index (κ3) is 3.87. The number of amides is 2. The number of hydrogen-bond acceptors (Lipinski definition) is 4. The predicted octanol–water partition coefficient (Wildman–Crippen LogP) is 1.72. The largest absolute Gasteiger partial charge is 0.481 e. The van der Waals surface area contributed by atoms with Gasteiger partial charge >= 0.3 is 12.0 Å². The zero-order chi connectivity index (χ0) is 16.3. The van der Waals surface area contributed by atoms with Crippen molar-refractivity contribution in [1.82, 2.24) is 9.88 Å². The molecular weight excluding hydrogens is 284 g/mol. The van der Waals surface area contributed by atoms with Gasteiger partial charge in [0.15, 0.2) is 0 Å². The highest BCUT2D eigenvalue weighted by Gasteiger charge is 2.31. The van der Waals surface area contributed by atoms with E-state index in [0.29, 0.717) is 18.8 Å². The van der Waals surface area contributed by atoms with Gasteiger partial charge in [0, 0.05) is 27.2 Å². The first kappa shape index (κ1) is 16.1. The molecule has 0 spiro atoms. The van der Waals surface area contributed by atoms with Crippen molar-refractivity contribution in [3.05, 3.63) is 18.3 Å². The number of pyridine rings is 1. The number of carbonyl (C=O) groups is 2. The molecule has 0 bridgehead atoms. The van der Waals surface area contributed by atoms with Crippen LogP contribution in [0.2, 0.25) is 0 Å². The van der Waals surface area contributed by atoms with Crippen LogP contribution in [0.1, 0.15) is 13.3 Å². The molecule has 0 radical (unpaired) electrons. The van der Waals surface area contributed by atoms with Crippen LogP contribution in [0.15, 0.2) is 18.3 Å². The number of nitrogens with zero attached hydrogens (tertiary/aromatic N) is 3. The van der Waals surface area contributed by atoms with Crippen molar-refractivity contribution in [2.45, 2.75) is 13.3 Å². The molecule has 1 aromatic heterocycles. The summed E-state index contributed by atoms with van der Waals surface area (Å²) >= 11 is 0. The van der Waals surface area contributed by atoms with E-state index in [4.69, 9.17) is 5.11 Å². The van der Waals surface area contributed by atoms with Gasteiger partial charge in [0.25, 0.3) is 0 Å². The van der Waals surface area contributed by atoms with Crippen LogP contribution in [0.5, 0.6) is 0 Å². The van der Waals surface area contributed by atoms with Gasteiger partial charge in [-0.1, -0.05) is 6.92 Å². The summed E-state index contributed by atoms with van der Waals surface area (Å²) in [5.74, 6) is -0.721. The number of likely N-dealkylation sites (tertiary alicyclic amines) is 1. The quantitative estimate of drug-likeness (QED) is 0.888. The van der Waals surface area contributed by atoms with Crippen LogP contribution >= 0.6 is 0 Å². The van der Waals surface area contributed by atoms with Crippen molar-refractivity contribution in [2.24, 2.45) is 11.8 Å². The van der Waals surface area contributed by atoms with E-state index < -0.39 is 11.9 Å². The monoisotopic (exact) mass is 306 g/mol. The molecule has 2 N–H and O–H groups in total. The molecule has 2 unspecified atom stereocenters. The molecule has 2 atom stereocenters. The number of carboxylic acids is 1. The Labute approximate surface area is 129 Å². The molecule has 7 nitrogen and oxygen atoms in total. The zero-order valence-corrected chi connectivity index (χ0v) is 13.1. The summed E-state index contributed by atoms with van der Waals surface area (Å²) in [4.78, 5) is 31.1. The van der Waals surface area contributed by atoms with Gasteiger partial charge < -0.3 is 14.9 Å². The Hall–Kier alpha value is -2.31. The van der Waals surface area contributed by atoms with Gasteiger partial charge in [-0.3, -0.25) is 10.1 Å². The summed E-state index contributed by atoms with van der Waals surface area (Å²) in [6, 6.07) is 3.29. The number of nitrogens with one attached hydrogen (secondary N) is 1. The van der Waals surface area contributed by atoms with Gasteiger partial charge in [-0.2, -0.15) is 0 Å². The van der Waals surface area contributed by atoms with E-state index in [9.17, 15) is 9.59 Å². The third-order valence-corrected chi connectivity index (χ3v) is 3.80. The number of carbonyl (C=O) groups excluding carboxylic acids is 1. The summed E-state index contributed by atoms with van der Waals surface area (Å²) in [5, 5.41) is 11.9. The minimum Gasteiger partial charge on any atom is -0.481 e. The average molecular weight is 306 g/mol. The highest BCUT2D eigenvalue weighted by atomic mass is 16.4. The van der Waals surface area contributed by atoms with E-state index in [1.54, 1.807) is 17.2 Å². The van der Waals surface area contributed by atoms with Crippen LogP contribution in [0, 0.1) is 11.8 Å². The van der Waals surface area contributed by atoms with Crippen molar-refractivity contribution in [3.63, 3.8) is 0 Å². The number of anilines is 2. The molecule has 1 aliphatic heterocycles. The number of aliphatic carboxylic acids is 1. The highest BCUT2D eigenvalue weighted by molar-refractivity contribution is 5.89. The second-order valence-electron chi connectivity index (χ2n) is 6.01. The average Bonchev–Trinajstić information content (AvgIpc) is 2.47. The fourth-order valence-electron chi connectivity index (χ4n) is 2.61. The number of hydrogen-bond donors (Lipinski definition) is 2. The predicted molar refractivity (Wildman–Crippen MR) is 84.1 cm³/mol. The van der Waals surface area contributed by atoms with Gasteiger partial charge in [-0.05, 0) is 24.5 Å². The molecule has 2 rings (SSSR count). The van der Waals surface area contributed by atoms with E-state index in [2.05, 4.69) is 10.3 Å². The van der Waals surface area contributed by atoms with Gasteiger partial charge in [0.1, 0.15) is 5.82 Å². The molecule has 0 aromatic carbocycles. The van der Waals surface area contributed by atoms with Crippen molar-refractivity contribution >= 4 is 23.5 Å². The van der Waals surface area contributed by atoms with E-state index >= 15 is 0 Å². The van der Waals surface area contributed by atoms with Crippen LogP contribution in [0.25, 0.3) is 0 Å². The van der Waals surface area contributed by atoms with Crippen LogP contribution < -0.4 is 10.2 Å². The molecular formula is C15H22N4O3. The van der Waals surface area contributed by atoms with Crippen LogP contribution in [0.3, 0.4) is 0 Å². The van der Waals surface area contributed by atoms with Gasteiger partial charge in [0.2, 0.25) is 0 Å². The minimum absolute atomic E-state index is 0.171. The Bertz CT molecular complexity index is 544. The number of piperidine rings is 1. The van der Waals surface area contributed by atoms with Crippen LogP contribution in [-0.4, -0.2) is 54.2 Å². The van der Waals surface area contributed by atoms with Gasteiger partial charge in [-0.15, -0.1) is 0 Å². The lowest BCUT2D eigenvalue weighted by Crippen LogP contribution is -2.47. The molecule has 1 saturated heterocycles. The summed E-state index contributed by atoms with van der Waals surface area (Å²) in [5.41, 5.74) is 0.940. The van der Waals surface area contributed by atoms with Crippen LogP contribution in [0.4, 0.5) is 16.3 Å². The molecule has 22 heavy (non-hydrogen) atoms. The lowest BCUT2D eigenvalue weighted by molar-refractivity contribution is -0.143. The van der Waals surface area contributed by atoms with Gasteiger partial charge in [0.05, 0.1) is 17.8 Å². The Balaban J connectivity index is 2.00. The first-order chi connectivity index (χ1) is 10.4. The van der Waals surface area contributed by atoms with Crippen molar-refractivity contribution in [3.8, 4) is 0 Å². The lowest BCUT2D eigenvalue weighted by atomic mass is 9.91. The maximum atomic E-state index is 12.3. The standard InChI is InChI=1S/C15H22N4O3/c1-10-6-11(14(20)21)9-19(8-10)15(22)17-13-5-4-12(7-16-13)18(2)3/h4-5,7,10-11H,6,8-9H2,1-3H3,(H,20,21)(H,16,17,22). The summed E-state index contributed by atoms with van der Waals surface area (Å²) < 4.78 is 0. The van der Waals surface area contributed by atoms with E-state index in [0.717, 1.165) is 5.69 Å². The molecule has 2 heterocycles. The van der Waals surface area contributed by atoms with Gasteiger partial charge in [-0.25, -0.2) is 9.78 Å². The highest BCUT2D eigenvalue weighted by Crippen LogP contribution is 2.22. The molecule has 120 valence electrons. The maximum Gasteiger partial charge on any atom is 0.323 e. The van der Waals surface area contributed by atoms with Crippen LogP contribution in [-0.2, 0) is 4.79 Å². The molecule has 0 aliphatic carbocycles. The minimum atomic E-state index is -0.849. The number of urea groups is 1. The van der Waals surface area contributed by atoms with Crippen molar-refractivity contribution in [1.29, 1.82) is 0 Å². The lowest BCUT2D eigenvalue weighted by Gasteiger charge is -2.34. The Morgan fingerprint density at radius 2 is 2.09 bits per heavy atom. The Morgan fingerprint density at radius 3 is 2.64 bits per heavy atom. The molecule has 7 heteroatoms. The second kappa shape index (κ2) is 6.64. The number of aromatic nitrogens is 1. The summed E-state index contributed by atoms with van der Waals surface area (Å²) in [6.45, 7) is 2.76. The van der Waals surface area contributed by atoms with E-state index in [-0.39, 0.29) is 18.5 Å². The first-order valence-electron chi connectivity index (χ1n) is 7.29. The fraction of sp³-hybridized carbons (Fsp3) is 0.533. The normalized spacial score (nSPS) is 21.3. The molecule has 1 aliphatic rings. The molecule has 1 fully saturated rings.